The van der Waals surface area contributed by atoms with Crippen molar-refractivity contribution in [2.24, 2.45) is 10.7 Å². The van der Waals surface area contributed by atoms with Crippen LogP contribution in [0.5, 0.6) is 5.88 Å². The van der Waals surface area contributed by atoms with Crippen LogP contribution in [-0.2, 0) is 16.1 Å². The lowest BCUT2D eigenvalue weighted by Crippen LogP contribution is -2.51. The first-order chi connectivity index (χ1) is 18.1. The number of benzene rings is 3. The van der Waals surface area contributed by atoms with Gasteiger partial charge in [0.05, 0.1) is 34.7 Å². The second-order valence-electron chi connectivity index (χ2n) is 9.60. The molecule has 0 radical (unpaired) electrons. The summed E-state index contributed by atoms with van der Waals surface area (Å²) in [7, 11) is 1.86. The molecule has 0 saturated carbocycles. The molecule has 0 aliphatic heterocycles. The molecule has 196 valence electrons. The number of hydrogen-bond acceptors (Lipinski definition) is 6. The van der Waals surface area contributed by atoms with E-state index < -0.39 is 11.5 Å². The summed E-state index contributed by atoms with van der Waals surface area (Å²) in [5, 5.41) is 11.7. The molecule has 0 atom stereocenters. The zero-order valence-corrected chi connectivity index (χ0v) is 22.0. The largest absolute Gasteiger partial charge is 0.494 e. The number of nitrogens with two attached hydrogens (primary N) is 1. The second kappa shape index (κ2) is 10.9. The smallest absolute Gasteiger partial charge is 0.338 e. The van der Waals surface area contributed by atoms with Gasteiger partial charge in [-0.15, -0.1) is 0 Å². The van der Waals surface area contributed by atoms with Crippen LogP contribution in [0.25, 0.3) is 10.9 Å². The van der Waals surface area contributed by atoms with Crippen LogP contribution < -0.4 is 5.73 Å². The number of aromatic nitrogens is 1. The lowest BCUT2D eigenvalue weighted by Gasteiger charge is -2.32. The van der Waals surface area contributed by atoms with Crippen molar-refractivity contribution in [2.75, 3.05) is 13.7 Å². The van der Waals surface area contributed by atoms with E-state index in [4.69, 9.17) is 15.5 Å². The van der Waals surface area contributed by atoms with Gasteiger partial charge in [0.25, 0.3) is 0 Å². The molecule has 1 amide bonds. The van der Waals surface area contributed by atoms with Crippen LogP contribution in [0.1, 0.15) is 47.8 Å². The van der Waals surface area contributed by atoms with Crippen molar-refractivity contribution in [1.82, 2.24) is 9.88 Å². The molecule has 0 saturated heterocycles. The standard InChI is InChI=1S/C30H32N4O4/c1-5-38-28(36)21-13-16-23-24(17-21)33-27(35)25(23)26(20-9-7-6-8-10-20)32-22-14-11-19(12-15-22)18-34(4)30(2,3)29(31)37/h6-17,33,35H,5,18H2,1-4H3,(H2,31,37). The SMILES string of the molecule is CCOC(=O)c1ccc2c(C(=Nc3ccc(CN(C)C(C)(C)C(N)=O)cc3)c3ccccc3)c(O)[nH]c2c1. The number of H-pyrrole nitrogens is 1. The van der Waals surface area contributed by atoms with Crippen LogP contribution in [0.4, 0.5) is 5.69 Å². The normalized spacial score (nSPS) is 12.2. The molecule has 0 aliphatic carbocycles. The maximum atomic E-state index is 12.2. The van der Waals surface area contributed by atoms with E-state index in [-0.39, 0.29) is 18.4 Å². The average Bonchev–Trinajstić information content (AvgIpc) is 3.23. The van der Waals surface area contributed by atoms with Crippen LogP contribution in [-0.4, -0.2) is 51.8 Å². The Labute approximate surface area is 221 Å². The number of carbonyl (C=O) groups is 2. The summed E-state index contributed by atoms with van der Waals surface area (Å²) in [6.07, 6.45) is 0. The summed E-state index contributed by atoms with van der Waals surface area (Å²) in [6, 6.07) is 22.4. The van der Waals surface area contributed by atoms with E-state index in [1.807, 2.05) is 66.5 Å². The highest BCUT2D eigenvalue weighted by Gasteiger charge is 2.29. The third kappa shape index (κ3) is 5.45. The van der Waals surface area contributed by atoms with Crippen LogP contribution in [0.15, 0.2) is 77.8 Å². The fraction of sp³-hybridized carbons (Fsp3) is 0.233. The first kappa shape index (κ1) is 26.6. The van der Waals surface area contributed by atoms with Crippen LogP contribution in [0, 0.1) is 0 Å². The Morgan fingerprint density at radius 1 is 1.03 bits per heavy atom. The number of nitrogens with one attached hydrogen (secondary N) is 1. The van der Waals surface area contributed by atoms with Gasteiger partial charge < -0.3 is 20.6 Å². The van der Waals surface area contributed by atoms with Gasteiger partial charge in [-0.3, -0.25) is 9.69 Å². The molecule has 38 heavy (non-hydrogen) atoms. The molecule has 0 aliphatic rings. The van der Waals surface area contributed by atoms with Crippen molar-refractivity contribution in [2.45, 2.75) is 32.9 Å². The number of aliphatic imine (C=N–C) groups is 1. The number of aromatic hydroxyl groups is 1. The lowest BCUT2D eigenvalue weighted by atomic mass is 10.00. The van der Waals surface area contributed by atoms with Gasteiger partial charge in [-0.1, -0.05) is 48.5 Å². The number of carbonyl (C=O) groups excluding carboxylic acids is 2. The van der Waals surface area contributed by atoms with E-state index in [1.54, 1.807) is 39.0 Å². The molecule has 3 aromatic carbocycles. The fourth-order valence-corrected chi connectivity index (χ4v) is 4.09. The van der Waals surface area contributed by atoms with E-state index in [0.29, 0.717) is 34.6 Å². The number of hydrogen-bond donors (Lipinski definition) is 3. The van der Waals surface area contributed by atoms with Gasteiger partial charge in [0.2, 0.25) is 5.91 Å². The first-order valence-corrected chi connectivity index (χ1v) is 12.4. The highest BCUT2D eigenvalue weighted by Crippen LogP contribution is 2.32. The third-order valence-corrected chi connectivity index (χ3v) is 6.73. The van der Waals surface area contributed by atoms with Crippen molar-refractivity contribution in [3.05, 3.63) is 95.1 Å². The van der Waals surface area contributed by atoms with Crippen molar-refractivity contribution in [3.8, 4) is 5.88 Å². The van der Waals surface area contributed by atoms with E-state index in [1.165, 1.54) is 0 Å². The number of ether oxygens (including phenoxy) is 1. The molecule has 4 rings (SSSR count). The van der Waals surface area contributed by atoms with Gasteiger partial charge in [-0.2, -0.15) is 0 Å². The molecule has 8 nitrogen and oxygen atoms in total. The lowest BCUT2D eigenvalue weighted by molar-refractivity contribution is -0.127. The fourth-order valence-electron chi connectivity index (χ4n) is 4.09. The van der Waals surface area contributed by atoms with Crippen LogP contribution in [0.3, 0.4) is 0 Å². The molecule has 0 fully saturated rings. The van der Waals surface area contributed by atoms with Gasteiger partial charge in [0.15, 0.2) is 5.88 Å². The molecule has 4 aromatic rings. The minimum atomic E-state index is -0.780. The molecular weight excluding hydrogens is 480 g/mol. The topological polar surface area (TPSA) is 121 Å². The maximum absolute atomic E-state index is 12.2. The van der Waals surface area contributed by atoms with Gasteiger partial charge in [-0.25, -0.2) is 9.79 Å². The highest BCUT2D eigenvalue weighted by molar-refractivity contribution is 6.22. The van der Waals surface area contributed by atoms with E-state index in [2.05, 4.69) is 4.98 Å². The van der Waals surface area contributed by atoms with E-state index >= 15 is 0 Å². The molecule has 0 spiro atoms. The number of rotatable bonds is 9. The number of nitrogens with zero attached hydrogens (tertiary/aromatic N) is 2. The zero-order valence-electron chi connectivity index (χ0n) is 22.0. The van der Waals surface area contributed by atoms with Gasteiger partial charge in [0.1, 0.15) is 0 Å². The number of amides is 1. The predicted molar refractivity (Wildman–Crippen MR) is 149 cm³/mol. The summed E-state index contributed by atoms with van der Waals surface area (Å²) in [5.74, 6) is -0.857. The molecule has 4 N–H and O–H groups in total. The Balaban J connectivity index is 1.73. The molecular formula is C30H32N4O4. The Morgan fingerprint density at radius 2 is 1.71 bits per heavy atom. The van der Waals surface area contributed by atoms with Gasteiger partial charge >= 0.3 is 5.97 Å². The summed E-state index contributed by atoms with van der Waals surface area (Å²) in [5.41, 5.74) is 9.40. The Kier molecular flexibility index (Phi) is 7.64. The van der Waals surface area contributed by atoms with Crippen molar-refractivity contribution in [3.63, 3.8) is 0 Å². The van der Waals surface area contributed by atoms with Gasteiger partial charge in [-0.05, 0) is 57.6 Å². The van der Waals surface area contributed by atoms with Crippen LogP contribution in [0.2, 0.25) is 0 Å². The predicted octanol–water partition coefficient (Wildman–Crippen LogP) is 4.92. The van der Waals surface area contributed by atoms with Crippen molar-refractivity contribution < 1.29 is 19.4 Å². The molecule has 8 heteroatoms. The Morgan fingerprint density at radius 3 is 2.34 bits per heavy atom. The third-order valence-electron chi connectivity index (χ3n) is 6.73. The number of aromatic amines is 1. The zero-order chi connectivity index (χ0) is 27.4. The molecule has 1 aromatic heterocycles. The average molecular weight is 513 g/mol. The monoisotopic (exact) mass is 512 g/mol. The van der Waals surface area contributed by atoms with E-state index in [0.717, 1.165) is 16.5 Å². The van der Waals surface area contributed by atoms with Crippen LogP contribution >= 0.6 is 0 Å². The van der Waals surface area contributed by atoms with Crippen molar-refractivity contribution >= 4 is 34.2 Å². The molecule has 0 bridgehead atoms. The number of fused-ring (bicyclic) bond motifs is 1. The number of primary amides is 1. The minimum absolute atomic E-state index is 0.0458. The maximum Gasteiger partial charge on any atom is 0.338 e. The van der Waals surface area contributed by atoms with Crippen molar-refractivity contribution in [1.29, 1.82) is 0 Å². The summed E-state index contributed by atoms with van der Waals surface area (Å²) >= 11 is 0. The summed E-state index contributed by atoms with van der Waals surface area (Å²) < 4.78 is 5.11. The minimum Gasteiger partial charge on any atom is -0.494 e. The summed E-state index contributed by atoms with van der Waals surface area (Å²) in [4.78, 5) is 33.8. The number of likely N-dealkylation sites (N-methyl/N-ethyl adjacent to an activating group) is 1. The Bertz CT molecular complexity index is 1490. The quantitative estimate of drug-likeness (QED) is 0.217. The summed E-state index contributed by atoms with van der Waals surface area (Å²) in [6.45, 7) is 6.16. The molecule has 1 heterocycles. The van der Waals surface area contributed by atoms with E-state index in [9.17, 15) is 14.7 Å². The molecule has 0 unspecified atom stereocenters. The Hall–Kier alpha value is -4.43. The first-order valence-electron chi connectivity index (χ1n) is 12.4. The van der Waals surface area contributed by atoms with Gasteiger partial charge in [0, 0.05) is 23.0 Å². The highest BCUT2D eigenvalue weighted by atomic mass is 16.5. The number of esters is 1. The second-order valence-corrected chi connectivity index (χ2v) is 9.60.